The number of fused-ring (bicyclic) bond motifs is 1. The lowest BCUT2D eigenvalue weighted by Gasteiger charge is -2.18. The summed E-state index contributed by atoms with van der Waals surface area (Å²) >= 11 is 12.2. The summed E-state index contributed by atoms with van der Waals surface area (Å²) in [5.41, 5.74) is 6.97. The molecule has 0 saturated carbocycles. The van der Waals surface area contributed by atoms with E-state index in [1.54, 1.807) is 37.4 Å². The molecule has 0 spiro atoms. The second-order valence-electron chi connectivity index (χ2n) is 5.88. The summed E-state index contributed by atoms with van der Waals surface area (Å²) < 4.78 is 19.7. The molecule has 7 heteroatoms. The zero-order chi connectivity index (χ0) is 19.6. The summed E-state index contributed by atoms with van der Waals surface area (Å²) in [7, 11) is 0. The van der Waals surface area contributed by atoms with Crippen molar-refractivity contribution < 1.29 is 13.9 Å². The van der Waals surface area contributed by atoms with Crippen molar-refractivity contribution in [3.05, 3.63) is 75.7 Å². The highest BCUT2D eigenvalue weighted by molar-refractivity contribution is 6.36. The Morgan fingerprint density at radius 2 is 2.04 bits per heavy atom. The maximum absolute atomic E-state index is 13.7. The third-order valence-electron chi connectivity index (χ3n) is 3.91. The second kappa shape index (κ2) is 7.94. The van der Waals surface area contributed by atoms with E-state index < -0.39 is 17.8 Å². The molecule has 1 unspecified atom stereocenters. The first kappa shape index (κ1) is 19.1. The number of amides is 1. The number of pyridine rings is 1. The first-order valence-electron chi connectivity index (χ1n) is 8.02. The molecule has 138 valence electrons. The molecule has 2 N–H and O–H groups in total. The van der Waals surface area contributed by atoms with Crippen molar-refractivity contribution in [1.82, 2.24) is 4.98 Å². The maximum atomic E-state index is 13.7. The van der Waals surface area contributed by atoms with E-state index in [0.29, 0.717) is 16.3 Å². The Morgan fingerprint density at radius 1 is 1.26 bits per heavy atom. The van der Waals surface area contributed by atoms with Gasteiger partial charge in [0, 0.05) is 28.2 Å². The van der Waals surface area contributed by atoms with Gasteiger partial charge in [-0.3, -0.25) is 9.78 Å². The van der Waals surface area contributed by atoms with Gasteiger partial charge in [0.05, 0.1) is 10.5 Å². The zero-order valence-corrected chi connectivity index (χ0v) is 15.8. The minimum atomic E-state index is -0.566. The monoisotopic (exact) mass is 404 g/mol. The smallest absolute Gasteiger partial charge is 0.241 e. The van der Waals surface area contributed by atoms with Crippen LogP contribution in [-0.4, -0.2) is 10.9 Å². The lowest BCUT2D eigenvalue weighted by atomic mass is 10.1. The van der Waals surface area contributed by atoms with Crippen LogP contribution in [-0.2, 0) is 4.79 Å². The van der Waals surface area contributed by atoms with Crippen molar-refractivity contribution in [3.8, 4) is 5.75 Å². The normalized spacial score (nSPS) is 12.4. The Bertz CT molecular complexity index is 1050. The second-order valence-corrected chi connectivity index (χ2v) is 6.66. The molecule has 0 aliphatic rings. The van der Waals surface area contributed by atoms with Gasteiger partial charge in [-0.1, -0.05) is 23.2 Å². The molecule has 4 nitrogen and oxygen atoms in total. The van der Waals surface area contributed by atoms with Crippen LogP contribution in [0.15, 0.2) is 48.7 Å². The molecule has 0 saturated heterocycles. The standard InChI is InChI=1S/C20H15Cl2FN2O2/c1-11(19-15(21)4-5-16(23)20(19)22)27-14-3-6-17-13(9-14)8-12(10-25-17)2-7-18(24)26/h2-11H,1H3,(H2,24,26)/b7-2+. The number of ether oxygens (including phenoxy) is 1. The van der Waals surface area contributed by atoms with Gasteiger partial charge in [-0.05, 0) is 55.0 Å². The van der Waals surface area contributed by atoms with Gasteiger partial charge in [-0.25, -0.2) is 4.39 Å². The topological polar surface area (TPSA) is 65.2 Å². The lowest BCUT2D eigenvalue weighted by Crippen LogP contribution is -2.06. The van der Waals surface area contributed by atoms with E-state index in [0.717, 1.165) is 16.5 Å². The van der Waals surface area contributed by atoms with E-state index in [4.69, 9.17) is 33.7 Å². The van der Waals surface area contributed by atoms with Gasteiger partial charge in [0.15, 0.2) is 0 Å². The van der Waals surface area contributed by atoms with Crippen LogP contribution in [0.3, 0.4) is 0 Å². The molecule has 0 bridgehead atoms. The van der Waals surface area contributed by atoms with E-state index >= 15 is 0 Å². The van der Waals surface area contributed by atoms with Gasteiger partial charge in [-0.2, -0.15) is 0 Å². The minimum Gasteiger partial charge on any atom is -0.486 e. The summed E-state index contributed by atoms with van der Waals surface area (Å²) in [4.78, 5) is 15.2. The van der Waals surface area contributed by atoms with E-state index in [2.05, 4.69) is 4.98 Å². The van der Waals surface area contributed by atoms with Gasteiger partial charge in [0.1, 0.15) is 17.7 Å². The van der Waals surface area contributed by atoms with Crippen molar-refractivity contribution in [3.63, 3.8) is 0 Å². The van der Waals surface area contributed by atoms with Crippen LogP contribution in [0.2, 0.25) is 10.0 Å². The number of primary amides is 1. The average molecular weight is 405 g/mol. The number of halogens is 3. The van der Waals surface area contributed by atoms with E-state index in [-0.39, 0.29) is 5.02 Å². The van der Waals surface area contributed by atoms with Crippen molar-refractivity contribution in [2.75, 3.05) is 0 Å². The number of benzene rings is 2. The van der Waals surface area contributed by atoms with E-state index in [9.17, 15) is 9.18 Å². The molecule has 2 aromatic carbocycles. The van der Waals surface area contributed by atoms with Gasteiger partial charge in [-0.15, -0.1) is 0 Å². The van der Waals surface area contributed by atoms with Crippen LogP contribution in [0.5, 0.6) is 5.75 Å². The van der Waals surface area contributed by atoms with E-state index in [1.807, 2.05) is 6.07 Å². The molecule has 0 radical (unpaired) electrons. The molecule has 1 amide bonds. The summed E-state index contributed by atoms with van der Waals surface area (Å²) in [5, 5.41) is 1.08. The highest BCUT2D eigenvalue weighted by Crippen LogP contribution is 2.35. The van der Waals surface area contributed by atoms with Gasteiger partial charge >= 0.3 is 0 Å². The predicted molar refractivity (Wildman–Crippen MR) is 105 cm³/mol. The number of rotatable bonds is 5. The molecular weight excluding hydrogens is 390 g/mol. The van der Waals surface area contributed by atoms with Gasteiger partial charge in [0.25, 0.3) is 0 Å². The summed E-state index contributed by atoms with van der Waals surface area (Å²) in [6, 6.07) is 9.85. The Labute approximate surface area is 165 Å². The highest BCUT2D eigenvalue weighted by atomic mass is 35.5. The fourth-order valence-corrected chi connectivity index (χ4v) is 3.33. The average Bonchev–Trinajstić information content (AvgIpc) is 2.63. The van der Waals surface area contributed by atoms with Crippen LogP contribution in [0.4, 0.5) is 4.39 Å². The molecule has 0 aliphatic carbocycles. The summed E-state index contributed by atoms with van der Waals surface area (Å²) in [6.45, 7) is 1.74. The summed E-state index contributed by atoms with van der Waals surface area (Å²) in [5.74, 6) is -0.547. The Morgan fingerprint density at radius 3 is 2.78 bits per heavy atom. The molecular formula is C20H15Cl2FN2O2. The first-order chi connectivity index (χ1) is 12.8. The SMILES string of the molecule is CC(Oc1ccc2ncc(/C=C/C(N)=O)cc2c1)c1c(Cl)ccc(F)c1Cl. The lowest BCUT2D eigenvalue weighted by molar-refractivity contribution is -0.113. The molecule has 0 aliphatic heterocycles. The van der Waals surface area contributed by atoms with Gasteiger partial charge < -0.3 is 10.5 Å². The molecule has 3 rings (SSSR count). The Kier molecular flexibility index (Phi) is 5.63. The van der Waals surface area contributed by atoms with Crippen LogP contribution >= 0.6 is 23.2 Å². The number of carbonyl (C=O) groups excluding carboxylic acids is 1. The fraction of sp³-hybridized carbons (Fsp3) is 0.100. The molecule has 1 atom stereocenters. The van der Waals surface area contributed by atoms with Crippen molar-refractivity contribution in [1.29, 1.82) is 0 Å². The van der Waals surface area contributed by atoms with Crippen LogP contribution in [0, 0.1) is 5.82 Å². The number of carbonyl (C=O) groups is 1. The number of nitrogens with zero attached hydrogens (tertiary/aromatic N) is 1. The number of hydrogen-bond acceptors (Lipinski definition) is 3. The maximum Gasteiger partial charge on any atom is 0.241 e. The third kappa shape index (κ3) is 4.38. The summed E-state index contributed by atoms with van der Waals surface area (Å²) in [6.07, 6.45) is 3.91. The molecule has 1 heterocycles. The van der Waals surface area contributed by atoms with E-state index in [1.165, 1.54) is 18.2 Å². The highest BCUT2D eigenvalue weighted by Gasteiger charge is 2.18. The number of nitrogens with two attached hydrogens (primary N) is 1. The van der Waals surface area contributed by atoms with Crippen LogP contribution < -0.4 is 10.5 Å². The third-order valence-corrected chi connectivity index (χ3v) is 4.63. The van der Waals surface area contributed by atoms with Crippen molar-refractivity contribution >= 4 is 46.1 Å². The number of hydrogen-bond donors (Lipinski definition) is 1. The first-order valence-corrected chi connectivity index (χ1v) is 8.78. The predicted octanol–water partition coefficient (Wildman–Crippen LogP) is 5.32. The molecule has 0 fully saturated rings. The van der Waals surface area contributed by atoms with Crippen LogP contribution in [0.1, 0.15) is 24.2 Å². The van der Waals surface area contributed by atoms with Crippen LogP contribution in [0.25, 0.3) is 17.0 Å². The molecule has 3 aromatic rings. The zero-order valence-electron chi connectivity index (χ0n) is 14.2. The van der Waals surface area contributed by atoms with Crippen molar-refractivity contribution in [2.24, 2.45) is 5.73 Å². The fourth-order valence-electron chi connectivity index (χ4n) is 2.65. The van der Waals surface area contributed by atoms with Crippen molar-refractivity contribution in [2.45, 2.75) is 13.0 Å². The Hall–Kier alpha value is -2.63. The Balaban J connectivity index is 1.91. The quantitative estimate of drug-likeness (QED) is 0.462. The van der Waals surface area contributed by atoms with Gasteiger partial charge in [0.2, 0.25) is 5.91 Å². The largest absolute Gasteiger partial charge is 0.486 e. The minimum absolute atomic E-state index is 0.0590. The number of aromatic nitrogens is 1. The molecule has 1 aromatic heterocycles. The molecule has 27 heavy (non-hydrogen) atoms.